The van der Waals surface area contributed by atoms with E-state index in [9.17, 15) is 23.3 Å². The standard InChI is InChI=1S/C12H10F3NO3/c1-6-2-3-19-12(11(6)16(17)18)7-4-9(14)10(15)5-8(7)13/h4-5,12H,2-3H2,1H3. The fourth-order valence-corrected chi connectivity index (χ4v) is 1.99. The zero-order chi connectivity index (χ0) is 14.2. The van der Waals surface area contributed by atoms with Gasteiger partial charge in [-0.05, 0) is 19.4 Å². The van der Waals surface area contributed by atoms with Crippen molar-refractivity contribution in [3.63, 3.8) is 0 Å². The number of halogens is 3. The Morgan fingerprint density at radius 1 is 1.26 bits per heavy atom. The SMILES string of the molecule is CC1=C([N+](=O)[O-])C(c2cc(F)c(F)cc2F)OCC1. The van der Waals surface area contributed by atoms with Gasteiger partial charge in [-0.25, -0.2) is 13.2 Å². The largest absolute Gasteiger partial charge is 0.362 e. The van der Waals surface area contributed by atoms with E-state index in [1.54, 1.807) is 0 Å². The molecule has 1 aromatic carbocycles. The molecule has 1 unspecified atom stereocenters. The van der Waals surface area contributed by atoms with Crippen molar-refractivity contribution in [2.24, 2.45) is 0 Å². The third-order valence-electron chi connectivity index (χ3n) is 2.97. The predicted molar refractivity (Wildman–Crippen MR) is 59.3 cm³/mol. The highest BCUT2D eigenvalue weighted by molar-refractivity contribution is 5.29. The van der Waals surface area contributed by atoms with E-state index in [2.05, 4.69) is 0 Å². The van der Waals surface area contributed by atoms with E-state index in [-0.39, 0.29) is 17.9 Å². The number of benzene rings is 1. The molecule has 0 saturated carbocycles. The quantitative estimate of drug-likeness (QED) is 0.472. The van der Waals surface area contributed by atoms with Gasteiger partial charge in [0.2, 0.25) is 0 Å². The van der Waals surface area contributed by atoms with Crippen molar-refractivity contribution >= 4 is 0 Å². The van der Waals surface area contributed by atoms with Crippen molar-refractivity contribution in [3.05, 3.63) is 56.5 Å². The molecule has 1 aliphatic heterocycles. The summed E-state index contributed by atoms with van der Waals surface area (Å²) in [4.78, 5) is 10.3. The van der Waals surface area contributed by atoms with Gasteiger partial charge in [-0.2, -0.15) is 0 Å². The maximum absolute atomic E-state index is 13.6. The molecule has 0 amide bonds. The van der Waals surface area contributed by atoms with Gasteiger partial charge in [0.1, 0.15) is 5.82 Å². The van der Waals surface area contributed by atoms with Crippen LogP contribution in [0.4, 0.5) is 13.2 Å². The van der Waals surface area contributed by atoms with Gasteiger partial charge in [0.15, 0.2) is 17.7 Å². The summed E-state index contributed by atoms with van der Waals surface area (Å²) < 4.78 is 44.8. The van der Waals surface area contributed by atoms with Crippen LogP contribution in [-0.2, 0) is 4.74 Å². The number of hydrogen-bond acceptors (Lipinski definition) is 3. The third-order valence-corrected chi connectivity index (χ3v) is 2.97. The number of rotatable bonds is 2. The summed E-state index contributed by atoms with van der Waals surface area (Å²) in [5.74, 6) is -3.69. The molecular weight excluding hydrogens is 263 g/mol. The van der Waals surface area contributed by atoms with Gasteiger partial charge in [0.25, 0.3) is 5.70 Å². The van der Waals surface area contributed by atoms with Crippen molar-refractivity contribution in [2.75, 3.05) is 6.61 Å². The molecule has 7 heteroatoms. The lowest BCUT2D eigenvalue weighted by molar-refractivity contribution is -0.441. The number of nitrogens with zero attached hydrogens (tertiary/aromatic N) is 1. The molecule has 4 nitrogen and oxygen atoms in total. The molecule has 1 aliphatic rings. The van der Waals surface area contributed by atoms with Gasteiger partial charge in [-0.1, -0.05) is 0 Å². The zero-order valence-corrected chi connectivity index (χ0v) is 9.95. The Kier molecular flexibility index (Phi) is 3.57. The monoisotopic (exact) mass is 273 g/mol. The maximum atomic E-state index is 13.6. The minimum atomic E-state index is -1.35. The van der Waals surface area contributed by atoms with Crippen LogP contribution < -0.4 is 0 Å². The second kappa shape index (κ2) is 5.00. The summed E-state index contributed by atoms with van der Waals surface area (Å²) in [7, 11) is 0. The topological polar surface area (TPSA) is 52.4 Å². The van der Waals surface area contributed by atoms with E-state index < -0.39 is 28.5 Å². The normalized spacial score (nSPS) is 19.7. The van der Waals surface area contributed by atoms with E-state index in [1.807, 2.05) is 0 Å². The van der Waals surface area contributed by atoms with Crippen LogP contribution in [-0.4, -0.2) is 11.5 Å². The minimum absolute atomic E-state index is 0.159. The lowest BCUT2D eigenvalue weighted by Gasteiger charge is -2.22. The highest BCUT2D eigenvalue weighted by Gasteiger charge is 2.35. The Morgan fingerprint density at radius 2 is 1.89 bits per heavy atom. The first-order valence-electron chi connectivity index (χ1n) is 5.52. The summed E-state index contributed by atoms with van der Waals surface area (Å²) in [6.45, 7) is 1.69. The van der Waals surface area contributed by atoms with Crippen LogP contribution in [0.15, 0.2) is 23.4 Å². The van der Waals surface area contributed by atoms with Crippen molar-refractivity contribution in [3.8, 4) is 0 Å². The second-order valence-electron chi connectivity index (χ2n) is 4.21. The lowest BCUT2D eigenvalue weighted by atomic mass is 9.99. The van der Waals surface area contributed by atoms with Crippen LogP contribution in [0, 0.1) is 27.6 Å². The third kappa shape index (κ3) is 2.46. The zero-order valence-electron chi connectivity index (χ0n) is 9.95. The molecule has 0 radical (unpaired) electrons. The molecule has 1 atom stereocenters. The average Bonchev–Trinajstić information content (AvgIpc) is 2.33. The molecule has 0 spiro atoms. The van der Waals surface area contributed by atoms with Gasteiger partial charge in [0, 0.05) is 17.2 Å². The van der Waals surface area contributed by atoms with Gasteiger partial charge in [0.05, 0.1) is 11.5 Å². The maximum Gasteiger partial charge on any atom is 0.278 e. The van der Waals surface area contributed by atoms with Gasteiger partial charge in [-0.3, -0.25) is 10.1 Å². The Bertz CT molecular complexity index is 572. The van der Waals surface area contributed by atoms with E-state index >= 15 is 0 Å². The van der Waals surface area contributed by atoms with Crippen molar-refractivity contribution in [1.29, 1.82) is 0 Å². The van der Waals surface area contributed by atoms with Crippen LogP contribution >= 0.6 is 0 Å². The summed E-state index contributed by atoms with van der Waals surface area (Å²) in [5, 5.41) is 11.0. The smallest absolute Gasteiger partial charge is 0.278 e. The molecule has 1 heterocycles. The molecule has 0 bridgehead atoms. The average molecular weight is 273 g/mol. The minimum Gasteiger partial charge on any atom is -0.362 e. The van der Waals surface area contributed by atoms with E-state index in [0.717, 1.165) is 0 Å². The first-order chi connectivity index (χ1) is 8.91. The Morgan fingerprint density at radius 3 is 2.53 bits per heavy atom. The van der Waals surface area contributed by atoms with Crippen LogP contribution in [0.5, 0.6) is 0 Å². The summed E-state index contributed by atoms with van der Waals surface area (Å²) >= 11 is 0. The van der Waals surface area contributed by atoms with Crippen LogP contribution in [0.3, 0.4) is 0 Å². The molecular formula is C12H10F3NO3. The molecule has 19 heavy (non-hydrogen) atoms. The van der Waals surface area contributed by atoms with Crippen molar-refractivity contribution < 1.29 is 22.8 Å². The molecule has 0 fully saturated rings. The van der Waals surface area contributed by atoms with Gasteiger partial charge >= 0.3 is 0 Å². The molecule has 1 aromatic rings. The second-order valence-corrected chi connectivity index (χ2v) is 4.21. The molecule has 0 saturated heterocycles. The Hall–Kier alpha value is -1.89. The van der Waals surface area contributed by atoms with Crippen LogP contribution in [0.25, 0.3) is 0 Å². The molecule has 0 aromatic heterocycles. The van der Waals surface area contributed by atoms with E-state index in [4.69, 9.17) is 4.74 Å². The number of ether oxygens (including phenoxy) is 1. The fourth-order valence-electron chi connectivity index (χ4n) is 1.99. The number of hydrogen-bond donors (Lipinski definition) is 0. The highest BCUT2D eigenvalue weighted by atomic mass is 19.2. The van der Waals surface area contributed by atoms with Crippen LogP contribution in [0.1, 0.15) is 25.0 Å². The molecule has 0 aliphatic carbocycles. The molecule has 2 rings (SSSR count). The lowest BCUT2D eigenvalue weighted by Crippen LogP contribution is -2.22. The van der Waals surface area contributed by atoms with E-state index in [1.165, 1.54) is 6.92 Å². The Balaban J connectivity index is 2.54. The summed E-state index contributed by atoms with van der Waals surface area (Å²) in [6.07, 6.45) is -0.975. The first kappa shape index (κ1) is 13.5. The molecule has 102 valence electrons. The highest BCUT2D eigenvalue weighted by Crippen LogP contribution is 2.35. The van der Waals surface area contributed by atoms with Gasteiger partial charge in [-0.15, -0.1) is 0 Å². The van der Waals surface area contributed by atoms with Crippen molar-refractivity contribution in [1.82, 2.24) is 0 Å². The fraction of sp³-hybridized carbons (Fsp3) is 0.333. The van der Waals surface area contributed by atoms with Gasteiger partial charge < -0.3 is 4.74 Å². The number of nitro groups is 1. The molecule has 0 N–H and O–H groups in total. The van der Waals surface area contributed by atoms with E-state index in [0.29, 0.717) is 24.1 Å². The van der Waals surface area contributed by atoms with Crippen LogP contribution in [0.2, 0.25) is 0 Å². The predicted octanol–water partition coefficient (Wildman–Crippen LogP) is 3.12. The van der Waals surface area contributed by atoms with Crippen molar-refractivity contribution in [2.45, 2.75) is 19.4 Å². The summed E-state index contributed by atoms with van der Waals surface area (Å²) in [5.41, 5.74) is -0.258. The Labute approximate surface area is 106 Å². The summed E-state index contributed by atoms with van der Waals surface area (Å²) in [6, 6.07) is 0.951. The first-order valence-corrected chi connectivity index (χ1v) is 5.52.